The Kier molecular flexibility index (Phi) is 6.82. The van der Waals surface area contributed by atoms with Gasteiger partial charge in [0.2, 0.25) is 5.91 Å². The number of halogens is 1. The highest BCUT2D eigenvalue weighted by Crippen LogP contribution is 2.25. The van der Waals surface area contributed by atoms with Crippen LogP contribution in [0.2, 0.25) is 5.02 Å². The molecule has 5 nitrogen and oxygen atoms in total. The minimum absolute atomic E-state index is 0.00624. The lowest BCUT2D eigenvalue weighted by atomic mass is 9.91. The van der Waals surface area contributed by atoms with Gasteiger partial charge in [0.05, 0.1) is 10.6 Å². The normalized spacial score (nSPS) is 14.8. The summed E-state index contributed by atoms with van der Waals surface area (Å²) in [5.41, 5.74) is 1.56. The summed E-state index contributed by atoms with van der Waals surface area (Å²) in [6.45, 7) is 1.94. The van der Waals surface area contributed by atoms with Crippen LogP contribution in [-0.2, 0) is 11.3 Å². The van der Waals surface area contributed by atoms with Crippen molar-refractivity contribution < 1.29 is 9.59 Å². The predicted octanol–water partition coefficient (Wildman–Crippen LogP) is 3.68. The molecular weight excluding hydrogens is 362 g/mol. The summed E-state index contributed by atoms with van der Waals surface area (Å²) in [6, 6.07) is 11.0. The van der Waals surface area contributed by atoms with Gasteiger partial charge in [-0.15, -0.1) is 0 Å². The number of nitrogens with zero attached hydrogens (tertiary/aromatic N) is 2. The summed E-state index contributed by atoms with van der Waals surface area (Å²) in [7, 11) is 0. The molecule has 0 saturated carbocycles. The molecule has 1 aliphatic heterocycles. The van der Waals surface area contributed by atoms with Gasteiger partial charge in [-0.25, -0.2) is 0 Å². The molecule has 0 bridgehead atoms. The van der Waals surface area contributed by atoms with Gasteiger partial charge < -0.3 is 10.2 Å². The van der Waals surface area contributed by atoms with Crippen LogP contribution in [0.25, 0.3) is 0 Å². The van der Waals surface area contributed by atoms with Crippen molar-refractivity contribution in [2.24, 2.45) is 5.92 Å². The van der Waals surface area contributed by atoms with Gasteiger partial charge in [-0.3, -0.25) is 14.6 Å². The molecule has 2 aromatic rings. The molecule has 142 valence electrons. The lowest BCUT2D eigenvalue weighted by molar-refractivity contribution is -0.121. The fraction of sp³-hybridized carbons (Fsp3) is 0.381. The van der Waals surface area contributed by atoms with Crippen molar-refractivity contribution in [3.8, 4) is 0 Å². The fourth-order valence-corrected chi connectivity index (χ4v) is 3.57. The lowest BCUT2D eigenvalue weighted by Crippen LogP contribution is -2.38. The van der Waals surface area contributed by atoms with E-state index in [9.17, 15) is 9.59 Å². The summed E-state index contributed by atoms with van der Waals surface area (Å²) in [4.78, 5) is 30.5. The number of likely N-dealkylation sites (tertiary alicyclic amines) is 1. The standard InChI is InChI=1S/C21H24ClN3O2/c22-19-6-2-1-5-18(19)21(27)25-12-9-16(10-13-25)7-8-20(26)24-15-17-4-3-11-23-14-17/h1-6,11,14,16H,7-10,12-13,15H2,(H,24,26). The number of rotatable bonds is 6. The molecule has 0 radical (unpaired) electrons. The van der Waals surface area contributed by atoms with E-state index in [0.29, 0.717) is 42.6 Å². The van der Waals surface area contributed by atoms with Crippen molar-refractivity contribution in [3.63, 3.8) is 0 Å². The van der Waals surface area contributed by atoms with E-state index >= 15 is 0 Å². The number of pyridine rings is 1. The Hall–Kier alpha value is -2.40. The largest absolute Gasteiger partial charge is 0.352 e. The van der Waals surface area contributed by atoms with Crippen LogP contribution in [0.1, 0.15) is 41.6 Å². The first-order chi connectivity index (χ1) is 13.1. The topological polar surface area (TPSA) is 62.3 Å². The van der Waals surface area contributed by atoms with Crippen LogP contribution in [0.3, 0.4) is 0 Å². The molecule has 1 saturated heterocycles. The van der Waals surface area contributed by atoms with Crippen molar-refractivity contribution in [3.05, 3.63) is 64.9 Å². The molecule has 1 aliphatic rings. The van der Waals surface area contributed by atoms with Crippen molar-refractivity contribution in [1.29, 1.82) is 0 Å². The molecule has 27 heavy (non-hydrogen) atoms. The van der Waals surface area contributed by atoms with Crippen LogP contribution in [0, 0.1) is 5.92 Å². The zero-order valence-corrected chi connectivity index (χ0v) is 16.0. The van der Waals surface area contributed by atoms with Crippen LogP contribution < -0.4 is 5.32 Å². The molecule has 1 aromatic heterocycles. The third-order valence-corrected chi connectivity index (χ3v) is 5.33. The third kappa shape index (κ3) is 5.54. The predicted molar refractivity (Wildman–Crippen MR) is 105 cm³/mol. The quantitative estimate of drug-likeness (QED) is 0.824. The first-order valence-corrected chi connectivity index (χ1v) is 9.70. The summed E-state index contributed by atoms with van der Waals surface area (Å²) < 4.78 is 0. The molecule has 1 fully saturated rings. The number of benzene rings is 1. The van der Waals surface area contributed by atoms with Gasteiger partial charge in [-0.2, -0.15) is 0 Å². The molecule has 2 heterocycles. The number of hydrogen-bond donors (Lipinski definition) is 1. The minimum Gasteiger partial charge on any atom is -0.352 e. The summed E-state index contributed by atoms with van der Waals surface area (Å²) in [5, 5.41) is 3.43. The number of carbonyl (C=O) groups excluding carboxylic acids is 2. The van der Waals surface area contributed by atoms with Gasteiger partial charge in [0, 0.05) is 38.4 Å². The maximum absolute atomic E-state index is 12.6. The number of piperidine rings is 1. The maximum Gasteiger partial charge on any atom is 0.255 e. The van der Waals surface area contributed by atoms with Gasteiger partial charge in [-0.05, 0) is 48.9 Å². The van der Waals surface area contributed by atoms with E-state index in [0.717, 1.165) is 24.8 Å². The monoisotopic (exact) mass is 385 g/mol. The molecular formula is C21H24ClN3O2. The molecule has 0 spiro atoms. The highest BCUT2D eigenvalue weighted by molar-refractivity contribution is 6.33. The average Bonchev–Trinajstić information content (AvgIpc) is 2.72. The SMILES string of the molecule is O=C(CCC1CCN(C(=O)c2ccccc2Cl)CC1)NCc1cccnc1. The maximum atomic E-state index is 12.6. The number of hydrogen-bond acceptors (Lipinski definition) is 3. The average molecular weight is 386 g/mol. The van der Waals surface area contributed by atoms with Gasteiger partial charge in [-0.1, -0.05) is 29.8 Å². The van der Waals surface area contributed by atoms with Gasteiger partial charge in [0.15, 0.2) is 0 Å². The molecule has 0 aliphatic carbocycles. The van der Waals surface area contributed by atoms with Crippen molar-refractivity contribution in [2.75, 3.05) is 13.1 Å². The molecule has 1 N–H and O–H groups in total. The van der Waals surface area contributed by atoms with E-state index in [2.05, 4.69) is 10.3 Å². The number of aromatic nitrogens is 1. The number of amides is 2. The van der Waals surface area contributed by atoms with Crippen LogP contribution >= 0.6 is 11.6 Å². The highest BCUT2D eigenvalue weighted by atomic mass is 35.5. The van der Waals surface area contributed by atoms with E-state index in [-0.39, 0.29) is 11.8 Å². The molecule has 0 atom stereocenters. The molecule has 2 amide bonds. The highest BCUT2D eigenvalue weighted by Gasteiger charge is 2.24. The molecule has 0 unspecified atom stereocenters. The second-order valence-corrected chi connectivity index (χ2v) is 7.30. The molecule has 3 rings (SSSR count). The Labute approximate surface area is 164 Å². The van der Waals surface area contributed by atoms with E-state index in [4.69, 9.17) is 11.6 Å². The Morgan fingerprint density at radius 3 is 2.63 bits per heavy atom. The van der Waals surface area contributed by atoms with Crippen LogP contribution in [-0.4, -0.2) is 34.8 Å². The van der Waals surface area contributed by atoms with Gasteiger partial charge in [0.25, 0.3) is 5.91 Å². The smallest absolute Gasteiger partial charge is 0.255 e. The van der Waals surface area contributed by atoms with Crippen molar-refractivity contribution in [2.45, 2.75) is 32.2 Å². The fourth-order valence-electron chi connectivity index (χ4n) is 3.36. The molecule has 6 heteroatoms. The Bertz CT molecular complexity index is 774. The zero-order valence-electron chi connectivity index (χ0n) is 15.2. The van der Waals surface area contributed by atoms with Crippen LogP contribution in [0.4, 0.5) is 0 Å². The second-order valence-electron chi connectivity index (χ2n) is 6.89. The lowest BCUT2D eigenvalue weighted by Gasteiger charge is -2.32. The van der Waals surface area contributed by atoms with Crippen LogP contribution in [0.5, 0.6) is 0 Å². The Balaban J connectivity index is 1.39. The summed E-state index contributed by atoms with van der Waals surface area (Å²) >= 11 is 6.13. The number of nitrogens with one attached hydrogen (secondary N) is 1. The minimum atomic E-state index is -0.00624. The van der Waals surface area contributed by atoms with Crippen LogP contribution in [0.15, 0.2) is 48.8 Å². The first kappa shape index (κ1) is 19.4. The second kappa shape index (κ2) is 9.51. The summed E-state index contributed by atoms with van der Waals surface area (Å²) in [5.74, 6) is 0.533. The number of carbonyl (C=O) groups is 2. The first-order valence-electron chi connectivity index (χ1n) is 9.33. The van der Waals surface area contributed by atoms with E-state index in [1.165, 1.54) is 0 Å². The Morgan fingerprint density at radius 2 is 1.93 bits per heavy atom. The third-order valence-electron chi connectivity index (χ3n) is 5.00. The van der Waals surface area contributed by atoms with E-state index in [1.807, 2.05) is 29.2 Å². The van der Waals surface area contributed by atoms with E-state index in [1.54, 1.807) is 24.5 Å². The summed E-state index contributed by atoms with van der Waals surface area (Å²) in [6.07, 6.45) is 6.69. The van der Waals surface area contributed by atoms with Gasteiger partial charge in [0.1, 0.15) is 0 Å². The van der Waals surface area contributed by atoms with Gasteiger partial charge >= 0.3 is 0 Å². The van der Waals surface area contributed by atoms with Crippen molar-refractivity contribution in [1.82, 2.24) is 15.2 Å². The zero-order chi connectivity index (χ0) is 19.1. The Morgan fingerprint density at radius 1 is 1.15 bits per heavy atom. The molecule has 1 aromatic carbocycles. The van der Waals surface area contributed by atoms with Crippen molar-refractivity contribution >= 4 is 23.4 Å². The van der Waals surface area contributed by atoms with E-state index < -0.39 is 0 Å².